The van der Waals surface area contributed by atoms with Gasteiger partial charge < -0.3 is 20.5 Å². The number of hydrogen-bond acceptors (Lipinski definition) is 4. The molecule has 0 aliphatic rings. The van der Waals surface area contributed by atoms with Crippen LogP contribution in [0.15, 0.2) is 66.7 Å². The first-order valence-corrected chi connectivity index (χ1v) is 12.9. The minimum atomic E-state index is -4.46. The summed E-state index contributed by atoms with van der Waals surface area (Å²) in [5.41, 5.74) is 1.62. The van der Waals surface area contributed by atoms with Crippen LogP contribution in [0.4, 0.5) is 18.9 Å². The molecule has 0 fully saturated rings. The summed E-state index contributed by atoms with van der Waals surface area (Å²) in [5.74, 6) is -0.706. The van der Waals surface area contributed by atoms with E-state index in [1.165, 1.54) is 6.07 Å². The number of amides is 1. The molecule has 0 aliphatic carbocycles. The molecule has 3 aromatic rings. The number of hydrogen-bond donors (Lipinski definition) is 3. The molecule has 3 rings (SSSR count). The van der Waals surface area contributed by atoms with E-state index < -0.39 is 17.7 Å². The van der Waals surface area contributed by atoms with Gasteiger partial charge in [0.1, 0.15) is 12.4 Å². The van der Waals surface area contributed by atoms with Crippen molar-refractivity contribution < 1.29 is 32.6 Å². The molecule has 6 nitrogen and oxygen atoms in total. The minimum Gasteiger partial charge on any atom is -0.491 e. The predicted octanol–water partition coefficient (Wildman–Crippen LogP) is 7.28. The third-order valence-corrected chi connectivity index (χ3v) is 6.27. The van der Waals surface area contributed by atoms with Crippen LogP contribution >= 0.6 is 11.6 Å². The Morgan fingerprint density at radius 1 is 1.03 bits per heavy atom. The van der Waals surface area contributed by atoms with E-state index in [9.17, 15) is 22.8 Å². The van der Waals surface area contributed by atoms with Crippen molar-refractivity contribution in [2.75, 3.05) is 18.5 Å². The van der Waals surface area contributed by atoms with E-state index in [4.69, 9.17) is 21.4 Å². The van der Waals surface area contributed by atoms with Crippen molar-refractivity contribution in [3.05, 3.63) is 82.9 Å². The standard InChI is InChI=1S/C29H30ClF3N2O4/c1-2-3-4-23(35-22-10-5-20(6-11-22)28(38)34-16-15-27(36)37)18-39-24-12-7-19(8-13-24)25-14-9-21(17-26(25)30)29(31,32)33/h5-14,17,23,35H,2-4,15-16,18H2,1H3,(H,34,38)(H,36,37)/t23-/m0/s1. The number of carbonyl (C=O) groups excluding carboxylic acids is 1. The minimum absolute atomic E-state index is 0.00997. The zero-order valence-corrected chi connectivity index (χ0v) is 22.1. The Morgan fingerprint density at radius 2 is 1.72 bits per heavy atom. The van der Waals surface area contributed by atoms with E-state index in [-0.39, 0.29) is 29.9 Å². The molecular weight excluding hydrogens is 533 g/mol. The lowest BCUT2D eigenvalue weighted by Gasteiger charge is -2.21. The highest BCUT2D eigenvalue weighted by Gasteiger charge is 2.31. The second kappa shape index (κ2) is 13.9. The molecular formula is C29H30ClF3N2O4. The van der Waals surface area contributed by atoms with Gasteiger partial charge in [0.25, 0.3) is 5.91 Å². The first-order chi connectivity index (χ1) is 18.6. The van der Waals surface area contributed by atoms with E-state index >= 15 is 0 Å². The summed E-state index contributed by atoms with van der Waals surface area (Å²) in [4.78, 5) is 22.8. The maximum Gasteiger partial charge on any atom is 0.416 e. The van der Waals surface area contributed by atoms with E-state index in [1.807, 2.05) is 0 Å². The van der Waals surface area contributed by atoms with Crippen molar-refractivity contribution in [3.8, 4) is 16.9 Å². The van der Waals surface area contributed by atoms with Crippen molar-refractivity contribution in [3.63, 3.8) is 0 Å². The molecule has 0 radical (unpaired) electrons. The van der Waals surface area contributed by atoms with Crippen molar-refractivity contribution in [2.24, 2.45) is 0 Å². The van der Waals surface area contributed by atoms with Gasteiger partial charge in [-0.2, -0.15) is 13.2 Å². The zero-order chi connectivity index (χ0) is 28.4. The molecule has 3 aromatic carbocycles. The number of halogens is 4. The van der Waals surface area contributed by atoms with Crippen LogP contribution in [-0.2, 0) is 11.0 Å². The maximum absolute atomic E-state index is 12.9. The normalized spacial score (nSPS) is 12.0. The van der Waals surface area contributed by atoms with Crippen molar-refractivity contribution in [1.82, 2.24) is 5.32 Å². The Hall–Kier alpha value is -3.72. The van der Waals surface area contributed by atoms with Crippen LogP contribution in [0.25, 0.3) is 11.1 Å². The van der Waals surface area contributed by atoms with E-state index in [1.54, 1.807) is 48.5 Å². The number of carboxylic acids is 1. The molecule has 0 spiro atoms. The number of rotatable bonds is 13. The van der Waals surface area contributed by atoms with Crippen LogP contribution in [0.2, 0.25) is 5.02 Å². The second-order valence-electron chi connectivity index (χ2n) is 8.99. The molecule has 0 heterocycles. The number of nitrogens with one attached hydrogen (secondary N) is 2. The fraction of sp³-hybridized carbons (Fsp3) is 0.310. The highest BCUT2D eigenvalue weighted by Crippen LogP contribution is 2.36. The Bertz CT molecular complexity index is 1250. The molecule has 1 atom stereocenters. The summed E-state index contributed by atoms with van der Waals surface area (Å²) in [5, 5.41) is 14.7. The van der Waals surface area contributed by atoms with Gasteiger partial charge in [-0.1, -0.05) is 49.6 Å². The van der Waals surface area contributed by atoms with E-state index in [0.29, 0.717) is 29.0 Å². The monoisotopic (exact) mass is 562 g/mol. The highest BCUT2D eigenvalue weighted by molar-refractivity contribution is 6.33. The van der Waals surface area contributed by atoms with Gasteiger partial charge in [0, 0.05) is 28.4 Å². The molecule has 1 amide bonds. The molecule has 10 heteroatoms. The van der Waals surface area contributed by atoms with Gasteiger partial charge in [-0.25, -0.2) is 0 Å². The number of benzene rings is 3. The molecule has 0 saturated heterocycles. The second-order valence-corrected chi connectivity index (χ2v) is 9.40. The summed E-state index contributed by atoms with van der Waals surface area (Å²) in [7, 11) is 0. The van der Waals surface area contributed by atoms with Crippen LogP contribution < -0.4 is 15.4 Å². The highest BCUT2D eigenvalue weighted by atomic mass is 35.5. The van der Waals surface area contributed by atoms with Gasteiger partial charge in [0.05, 0.1) is 18.0 Å². The fourth-order valence-electron chi connectivity index (χ4n) is 3.84. The lowest BCUT2D eigenvalue weighted by Crippen LogP contribution is -2.27. The number of carbonyl (C=O) groups is 2. The number of anilines is 1. The van der Waals surface area contributed by atoms with E-state index in [2.05, 4.69) is 17.6 Å². The Balaban J connectivity index is 1.59. The van der Waals surface area contributed by atoms with Gasteiger partial charge in [0.2, 0.25) is 0 Å². The average Bonchev–Trinajstić information content (AvgIpc) is 2.90. The first kappa shape index (κ1) is 29.8. The SMILES string of the molecule is CCCC[C@@H](COc1ccc(-c2ccc(C(F)(F)F)cc2Cl)cc1)Nc1ccc(C(=O)NCCC(=O)O)cc1. The third kappa shape index (κ3) is 9.21. The fourth-order valence-corrected chi connectivity index (χ4v) is 4.13. The first-order valence-electron chi connectivity index (χ1n) is 12.5. The van der Waals surface area contributed by atoms with Crippen LogP contribution in [0, 0.1) is 0 Å². The molecule has 0 aliphatic heterocycles. The molecule has 208 valence electrons. The molecule has 0 unspecified atom stereocenters. The quantitative estimate of drug-likeness (QED) is 0.204. The number of aliphatic carboxylic acids is 1. The Kier molecular flexibility index (Phi) is 10.6. The Labute approximate surface area is 230 Å². The van der Waals surface area contributed by atoms with Crippen LogP contribution in [0.1, 0.15) is 48.5 Å². The van der Waals surface area contributed by atoms with Gasteiger partial charge in [-0.15, -0.1) is 0 Å². The van der Waals surface area contributed by atoms with E-state index in [0.717, 1.165) is 37.1 Å². The molecule has 0 saturated carbocycles. The average molecular weight is 563 g/mol. The molecule has 39 heavy (non-hydrogen) atoms. The summed E-state index contributed by atoms with van der Waals surface area (Å²) < 4.78 is 44.8. The van der Waals surface area contributed by atoms with Crippen LogP contribution in [0.3, 0.4) is 0 Å². The summed E-state index contributed by atoms with van der Waals surface area (Å²) in [6.45, 7) is 2.53. The predicted molar refractivity (Wildman–Crippen MR) is 145 cm³/mol. The van der Waals surface area contributed by atoms with Crippen molar-refractivity contribution in [2.45, 2.75) is 44.8 Å². The molecule has 0 bridgehead atoms. The lowest BCUT2D eigenvalue weighted by atomic mass is 10.0. The smallest absolute Gasteiger partial charge is 0.416 e. The largest absolute Gasteiger partial charge is 0.491 e. The number of carboxylic acid groups (broad SMARTS) is 1. The van der Waals surface area contributed by atoms with Gasteiger partial charge in [-0.05, 0) is 60.5 Å². The lowest BCUT2D eigenvalue weighted by molar-refractivity contribution is -0.138. The van der Waals surface area contributed by atoms with Crippen molar-refractivity contribution >= 4 is 29.2 Å². The molecule has 3 N–H and O–H groups in total. The summed E-state index contributed by atoms with van der Waals surface area (Å²) in [6, 6.07) is 17.2. The van der Waals surface area contributed by atoms with Gasteiger partial charge in [-0.3, -0.25) is 9.59 Å². The van der Waals surface area contributed by atoms with Crippen molar-refractivity contribution in [1.29, 1.82) is 0 Å². The maximum atomic E-state index is 12.9. The zero-order valence-electron chi connectivity index (χ0n) is 21.4. The number of ether oxygens (including phenoxy) is 1. The summed E-state index contributed by atoms with van der Waals surface area (Å²) in [6.07, 6.45) is -1.75. The van der Waals surface area contributed by atoms with Gasteiger partial charge >= 0.3 is 12.1 Å². The Morgan fingerprint density at radius 3 is 2.31 bits per heavy atom. The van der Waals surface area contributed by atoms with Gasteiger partial charge in [0.15, 0.2) is 0 Å². The van der Waals surface area contributed by atoms with Crippen LogP contribution in [-0.4, -0.2) is 36.2 Å². The summed E-state index contributed by atoms with van der Waals surface area (Å²) >= 11 is 6.12. The number of alkyl halides is 3. The molecule has 0 aromatic heterocycles. The van der Waals surface area contributed by atoms with Crippen LogP contribution in [0.5, 0.6) is 5.75 Å². The third-order valence-electron chi connectivity index (χ3n) is 5.96. The topological polar surface area (TPSA) is 87.7 Å². The number of unbranched alkanes of at least 4 members (excludes halogenated alkanes) is 1.